The normalized spacial score (nSPS) is 22.3. The molecule has 4 heteroatoms. The van der Waals surface area contributed by atoms with Crippen LogP contribution in [-0.2, 0) is 4.74 Å². The molecule has 1 rings (SSSR count). The fraction of sp³-hybridized carbons (Fsp3) is 1.00. The molecule has 0 radical (unpaired) electrons. The van der Waals surface area contributed by atoms with Crippen LogP contribution in [0.15, 0.2) is 0 Å². The predicted molar refractivity (Wildman–Crippen MR) is 77.1 cm³/mol. The maximum atomic E-state index is 5.65. The summed E-state index contributed by atoms with van der Waals surface area (Å²) in [6.07, 6.45) is 1.56. The lowest BCUT2D eigenvalue weighted by Crippen LogP contribution is -2.38. The van der Waals surface area contributed by atoms with E-state index in [2.05, 4.69) is 35.9 Å². The molecule has 1 heterocycles. The lowest BCUT2D eigenvalue weighted by atomic mass is 10.3. The average Bonchev–Trinajstić information content (AvgIpc) is 2.58. The Balaban J connectivity index is 2.02. The van der Waals surface area contributed by atoms with Crippen molar-refractivity contribution in [1.82, 2.24) is 15.1 Å². The fourth-order valence-corrected chi connectivity index (χ4v) is 2.42. The van der Waals surface area contributed by atoms with E-state index in [9.17, 15) is 0 Å². The van der Waals surface area contributed by atoms with E-state index < -0.39 is 0 Å². The van der Waals surface area contributed by atoms with Crippen LogP contribution in [0.5, 0.6) is 0 Å². The fourth-order valence-electron chi connectivity index (χ4n) is 2.42. The van der Waals surface area contributed by atoms with Crippen molar-refractivity contribution in [1.29, 1.82) is 0 Å². The Kier molecular flexibility index (Phi) is 8.59. The van der Waals surface area contributed by atoms with E-state index in [1.54, 1.807) is 0 Å². The second kappa shape index (κ2) is 9.73. The number of hydrogen-bond donors (Lipinski definition) is 1. The van der Waals surface area contributed by atoms with Gasteiger partial charge in [-0.2, -0.15) is 0 Å². The molecule has 0 aromatic heterocycles. The summed E-state index contributed by atoms with van der Waals surface area (Å²) >= 11 is 0. The third-order valence-electron chi connectivity index (χ3n) is 3.64. The van der Waals surface area contributed by atoms with Crippen LogP contribution in [0.2, 0.25) is 0 Å². The number of likely N-dealkylation sites (N-methyl/N-ethyl adjacent to an activating group) is 1. The van der Waals surface area contributed by atoms with Gasteiger partial charge in [0.1, 0.15) is 0 Å². The van der Waals surface area contributed by atoms with E-state index in [1.165, 1.54) is 13.0 Å². The van der Waals surface area contributed by atoms with Crippen molar-refractivity contribution in [2.24, 2.45) is 0 Å². The monoisotopic (exact) mass is 257 g/mol. The van der Waals surface area contributed by atoms with Crippen molar-refractivity contribution in [2.45, 2.75) is 33.3 Å². The summed E-state index contributed by atoms with van der Waals surface area (Å²) in [7, 11) is 0. The van der Waals surface area contributed by atoms with Gasteiger partial charge in [0.2, 0.25) is 0 Å². The molecule has 0 aliphatic carbocycles. The highest BCUT2D eigenvalue weighted by molar-refractivity contribution is 4.68. The maximum absolute atomic E-state index is 5.65. The van der Waals surface area contributed by atoms with Crippen LogP contribution >= 0.6 is 0 Å². The van der Waals surface area contributed by atoms with E-state index in [1.807, 2.05) is 0 Å². The molecule has 108 valence electrons. The van der Waals surface area contributed by atoms with Crippen LogP contribution in [0.1, 0.15) is 27.2 Å². The van der Waals surface area contributed by atoms with E-state index in [0.29, 0.717) is 6.10 Å². The quantitative estimate of drug-likeness (QED) is 0.657. The Morgan fingerprint density at radius 3 is 2.78 bits per heavy atom. The molecular formula is C14H31N3O. The molecule has 1 unspecified atom stereocenters. The summed E-state index contributed by atoms with van der Waals surface area (Å²) in [5.74, 6) is 0. The minimum absolute atomic E-state index is 0.392. The summed E-state index contributed by atoms with van der Waals surface area (Å²) in [5.41, 5.74) is 0. The third-order valence-corrected chi connectivity index (χ3v) is 3.64. The van der Waals surface area contributed by atoms with Gasteiger partial charge in [-0.25, -0.2) is 0 Å². The first-order valence-electron chi connectivity index (χ1n) is 7.53. The van der Waals surface area contributed by atoms with Crippen LogP contribution in [0.25, 0.3) is 0 Å². The molecule has 18 heavy (non-hydrogen) atoms. The molecule has 1 fully saturated rings. The summed E-state index contributed by atoms with van der Waals surface area (Å²) < 4.78 is 5.65. The maximum Gasteiger partial charge on any atom is 0.0673 e. The smallest absolute Gasteiger partial charge is 0.0673 e. The van der Waals surface area contributed by atoms with Crippen molar-refractivity contribution >= 4 is 0 Å². The highest BCUT2D eigenvalue weighted by atomic mass is 16.5. The van der Waals surface area contributed by atoms with Crippen LogP contribution in [0, 0.1) is 0 Å². The minimum Gasteiger partial charge on any atom is -0.377 e. The number of rotatable bonds is 8. The van der Waals surface area contributed by atoms with Gasteiger partial charge in [0.05, 0.1) is 6.10 Å². The Morgan fingerprint density at radius 2 is 2.06 bits per heavy atom. The molecule has 0 saturated carbocycles. The first-order chi connectivity index (χ1) is 8.76. The van der Waals surface area contributed by atoms with Crippen LogP contribution in [-0.4, -0.2) is 74.9 Å². The lowest BCUT2D eigenvalue weighted by Gasteiger charge is -2.22. The average molecular weight is 257 g/mol. The molecule has 1 aliphatic heterocycles. The van der Waals surface area contributed by atoms with Crippen molar-refractivity contribution in [3.8, 4) is 0 Å². The van der Waals surface area contributed by atoms with Crippen molar-refractivity contribution < 1.29 is 4.74 Å². The molecule has 1 aliphatic rings. The first kappa shape index (κ1) is 15.9. The molecule has 1 atom stereocenters. The predicted octanol–water partition coefficient (Wildman–Crippen LogP) is 1.03. The second-order valence-corrected chi connectivity index (χ2v) is 5.11. The molecule has 0 aromatic carbocycles. The Hall–Kier alpha value is -0.160. The Labute approximate surface area is 113 Å². The summed E-state index contributed by atoms with van der Waals surface area (Å²) in [6, 6.07) is 0. The van der Waals surface area contributed by atoms with Crippen molar-refractivity contribution in [2.75, 3.05) is 59.0 Å². The first-order valence-corrected chi connectivity index (χ1v) is 7.53. The SMILES string of the molecule is CCN(CC)CCNCCN1CCCOC(C)C1. The highest BCUT2D eigenvalue weighted by Crippen LogP contribution is 2.04. The molecule has 0 aromatic rings. The van der Waals surface area contributed by atoms with Gasteiger partial charge < -0.3 is 15.0 Å². The lowest BCUT2D eigenvalue weighted by molar-refractivity contribution is 0.0679. The third kappa shape index (κ3) is 6.69. The van der Waals surface area contributed by atoms with Gasteiger partial charge in [-0.15, -0.1) is 0 Å². The summed E-state index contributed by atoms with van der Waals surface area (Å²) in [4.78, 5) is 4.97. The topological polar surface area (TPSA) is 27.7 Å². The zero-order chi connectivity index (χ0) is 13.2. The summed E-state index contributed by atoms with van der Waals surface area (Å²) in [6.45, 7) is 16.6. The summed E-state index contributed by atoms with van der Waals surface area (Å²) in [5, 5.41) is 3.54. The Bertz CT molecular complexity index is 197. The highest BCUT2D eigenvalue weighted by Gasteiger charge is 2.13. The van der Waals surface area contributed by atoms with E-state index in [0.717, 1.165) is 52.4 Å². The second-order valence-electron chi connectivity index (χ2n) is 5.11. The number of nitrogens with one attached hydrogen (secondary N) is 1. The van der Waals surface area contributed by atoms with E-state index >= 15 is 0 Å². The van der Waals surface area contributed by atoms with Gasteiger partial charge in [0.15, 0.2) is 0 Å². The Morgan fingerprint density at radius 1 is 1.28 bits per heavy atom. The van der Waals surface area contributed by atoms with Gasteiger partial charge in [0.25, 0.3) is 0 Å². The molecule has 4 nitrogen and oxygen atoms in total. The molecule has 0 bridgehead atoms. The largest absolute Gasteiger partial charge is 0.377 e. The number of nitrogens with zero attached hydrogens (tertiary/aromatic N) is 2. The van der Waals surface area contributed by atoms with Crippen molar-refractivity contribution in [3.05, 3.63) is 0 Å². The number of ether oxygens (including phenoxy) is 1. The van der Waals surface area contributed by atoms with Crippen LogP contribution in [0.3, 0.4) is 0 Å². The van der Waals surface area contributed by atoms with Crippen molar-refractivity contribution in [3.63, 3.8) is 0 Å². The molecule has 0 spiro atoms. The molecule has 0 amide bonds. The molecule has 1 N–H and O–H groups in total. The molecule has 1 saturated heterocycles. The molecular weight excluding hydrogens is 226 g/mol. The van der Waals surface area contributed by atoms with Crippen LogP contribution < -0.4 is 5.32 Å². The zero-order valence-corrected chi connectivity index (χ0v) is 12.5. The zero-order valence-electron chi connectivity index (χ0n) is 12.5. The van der Waals surface area contributed by atoms with Gasteiger partial charge in [-0.05, 0) is 26.4 Å². The van der Waals surface area contributed by atoms with Gasteiger partial charge in [-0.1, -0.05) is 13.8 Å². The number of hydrogen-bond acceptors (Lipinski definition) is 4. The van der Waals surface area contributed by atoms with Gasteiger partial charge in [0, 0.05) is 45.9 Å². The van der Waals surface area contributed by atoms with Gasteiger partial charge in [-0.3, -0.25) is 4.90 Å². The van der Waals surface area contributed by atoms with E-state index in [-0.39, 0.29) is 0 Å². The van der Waals surface area contributed by atoms with Crippen LogP contribution in [0.4, 0.5) is 0 Å². The standard InChI is InChI=1S/C14H31N3O/c1-4-16(5-2)10-7-15-8-11-17-9-6-12-18-14(3)13-17/h14-15H,4-13H2,1-3H3. The van der Waals surface area contributed by atoms with Gasteiger partial charge >= 0.3 is 0 Å². The minimum atomic E-state index is 0.392. The van der Waals surface area contributed by atoms with E-state index in [4.69, 9.17) is 4.74 Å².